The van der Waals surface area contributed by atoms with Crippen LogP contribution in [0.4, 0.5) is 0 Å². The van der Waals surface area contributed by atoms with Crippen molar-refractivity contribution in [2.24, 2.45) is 11.7 Å². The Bertz CT molecular complexity index is 184. The minimum atomic E-state index is -0.0985. The first-order chi connectivity index (χ1) is 6.74. The van der Waals surface area contributed by atoms with Crippen LogP contribution in [0.5, 0.6) is 0 Å². The van der Waals surface area contributed by atoms with Gasteiger partial charge in [-0.05, 0) is 19.3 Å². The van der Waals surface area contributed by atoms with Crippen molar-refractivity contribution in [2.75, 3.05) is 19.7 Å². The van der Waals surface area contributed by atoms with Crippen molar-refractivity contribution in [1.29, 1.82) is 0 Å². The predicted octanol–water partition coefficient (Wildman–Crippen LogP) is 0.688. The summed E-state index contributed by atoms with van der Waals surface area (Å²) in [5.74, 6) is -0.0692. The van der Waals surface area contributed by atoms with Crippen molar-refractivity contribution in [3.8, 4) is 0 Å². The minimum absolute atomic E-state index is 0. The van der Waals surface area contributed by atoms with E-state index in [1.807, 2.05) is 6.92 Å². The van der Waals surface area contributed by atoms with E-state index in [1.165, 1.54) is 6.42 Å². The summed E-state index contributed by atoms with van der Waals surface area (Å²) >= 11 is 0. The summed E-state index contributed by atoms with van der Waals surface area (Å²) < 4.78 is 5.50. The molecule has 1 fully saturated rings. The molecule has 0 spiro atoms. The van der Waals surface area contributed by atoms with Gasteiger partial charge in [0, 0.05) is 25.6 Å². The fourth-order valence-corrected chi connectivity index (χ4v) is 1.46. The van der Waals surface area contributed by atoms with Crippen molar-refractivity contribution in [1.82, 2.24) is 5.32 Å². The number of rotatable bonds is 4. The maximum atomic E-state index is 11.4. The number of carbonyl (C=O) groups is 1. The zero-order valence-corrected chi connectivity index (χ0v) is 10.0. The molecule has 1 amide bonds. The maximum Gasteiger partial charge on any atom is 0.224 e. The first-order valence-electron chi connectivity index (χ1n) is 5.33. The predicted molar refractivity (Wildman–Crippen MR) is 62.1 cm³/mol. The van der Waals surface area contributed by atoms with Gasteiger partial charge in [-0.2, -0.15) is 0 Å². The van der Waals surface area contributed by atoms with Crippen LogP contribution in [-0.4, -0.2) is 31.7 Å². The molecule has 0 radical (unpaired) electrons. The molecule has 1 aliphatic rings. The Balaban J connectivity index is 0.00000196. The molecule has 5 heteroatoms. The van der Waals surface area contributed by atoms with Gasteiger partial charge in [0.2, 0.25) is 5.91 Å². The van der Waals surface area contributed by atoms with Crippen molar-refractivity contribution in [3.63, 3.8) is 0 Å². The van der Waals surface area contributed by atoms with Gasteiger partial charge in [0.25, 0.3) is 0 Å². The number of nitrogens with two attached hydrogens (primary N) is 1. The fraction of sp³-hybridized carbons (Fsp3) is 0.900. The summed E-state index contributed by atoms with van der Waals surface area (Å²) in [7, 11) is 0. The molecule has 0 saturated carbocycles. The molecule has 0 aliphatic carbocycles. The fourth-order valence-electron chi connectivity index (χ4n) is 1.46. The zero-order chi connectivity index (χ0) is 10.4. The van der Waals surface area contributed by atoms with E-state index in [0.717, 1.165) is 19.4 Å². The van der Waals surface area contributed by atoms with Gasteiger partial charge in [0.05, 0.1) is 6.10 Å². The average Bonchev–Trinajstić information content (AvgIpc) is 2.26. The molecular formula is C10H21ClN2O2. The van der Waals surface area contributed by atoms with Crippen LogP contribution in [0.3, 0.4) is 0 Å². The molecule has 0 bridgehead atoms. The molecule has 2 atom stereocenters. The lowest BCUT2D eigenvalue weighted by Crippen LogP contribution is -2.39. The lowest BCUT2D eigenvalue weighted by Gasteiger charge is -2.23. The smallest absolute Gasteiger partial charge is 0.224 e. The highest BCUT2D eigenvalue weighted by Crippen LogP contribution is 2.11. The normalized spacial score (nSPS) is 22.7. The highest BCUT2D eigenvalue weighted by Gasteiger charge is 2.16. The topological polar surface area (TPSA) is 64.4 Å². The van der Waals surface area contributed by atoms with E-state index in [-0.39, 0.29) is 30.3 Å². The van der Waals surface area contributed by atoms with Gasteiger partial charge >= 0.3 is 0 Å². The Morgan fingerprint density at radius 2 is 2.33 bits per heavy atom. The second kappa shape index (κ2) is 7.91. The molecule has 1 heterocycles. The van der Waals surface area contributed by atoms with Crippen LogP contribution >= 0.6 is 12.4 Å². The number of amides is 1. The summed E-state index contributed by atoms with van der Waals surface area (Å²) in [4.78, 5) is 11.4. The number of hydrogen-bond donors (Lipinski definition) is 2. The van der Waals surface area contributed by atoms with Gasteiger partial charge in [-0.3, -0.25) is 4.79 Å². The van der Waals surface area contributed by atoms with Crippen LogP contribution < -0.4 is 11.1 Å². The first kappa shape index (κ1) is 14.7. The molecule has 1 saturated heterocycles. The number of nitrogens with one attached hydrogen (secondary N) is 1. The Kier molecular flexibility index (Phi) is 7.74. The SMILES string of the molecule is CC(CN)C(=O)NCC1CCCCO1.Cl. The molecule has 1 rings (SSSR count). The number of hydrogen-bond acceptors (Lipinski definition) is 3. The largest absolute Gasteiger partial charge is 0.376 e. The first-order valence-corrected chi connectivity index (χ1v) is 5.33. The summed E-state index contributed by atoms with van der Waals surface area (Å²) in [5, 5.41) is 2.86. The van der Waals surface area contributed by atoms with Crippen LogP contribution in [0, 0.1) is 5.92 Å². The Morgan fingerprint density at radius 3 is 2.87 bits per heavy atom. The lowest BCUT2D eigenvalue weighted by atomic mass is 10.1. The summed E-state index contributed by atoms with van der Waals surface area (Å²) in [6.45, 7) is 3.69. The van der Waals surface area contributed by atoms with E-state index < -0.39 is 0 Å². The van der Waals surface area contributed by atoms with E-state index in [4.69, 9.17) is 10.5 Å². The van der Waals surface area contributed by atoms with Crippen LogP contribution in [0.1, 0.15) is 26.2 Å². The van der Waals surface area contributed by atoms with Gasteiger partial charge in [0.1, 0.15) is 0 Å². The van der Waals surface area contributed by atoms with Crippen molar-refractivity contribution in [3.05, 3.63) is 0 Å². The molecule has 0 aromatic carbocycles. The second-order valence-electron chi connectivity index (χ2n) is 3.87. The number of carbonyl (C=O) groups excluding carboxylic acids is 1. The molecule has 3 N–H and O–H groups in total. The van der Waals surface area contributed by atoms with Crippen molar-refractivity contribution < 1.29 is 9.53 Å². The Morgan fingerprint density at radius 1 is 1.60 bits per heavy atom. The molecule has 0 aromatic rings. The third kappa shape index (κ3) is 5.35. The monoisotopic (exact) mass is 236 g/mol. The van der Waals surface area contributed by atoms with Crippen LogP contribution in [0.25, 0.3) is 0 Å². The highest BCUT2D eigenvalue weighted by molar-refractivity contribution is 5.85. The quantitative estimate of drug-likeness (QED) is 0.755. The number of halogens is 1. The van der Waals surface area contributed by atoms with Gasteiger partial charge in [0.15, 0.2) is 0 Å². The third-order valence-electron chi connectivity index (χ3n) is 2.58. The molecule has 4 nitrogen and oxygen atoms in total. The third-order valence-corrected chi connectivity index (χ3v) is 2.58. The van der Waals surface area contributed by atoms with Crippen LogP contribution in [-0.2, 0) is 9.53 Å². The summed E-state index contributed by atoms with van der Waals surface area (Å²) in [6, 6.07) is 0. The zero-order valence-electron chi connectivity index (χ0n) is 9.20. The summed E-state index contributed by atoms with van der Waals surface area (Å²) in [6.07, 6.45) is 3.60. The molecule has 15 heavy (non-hydrogen) atoms. The van der Waals surface area contributed by atoms with Crippen LogP contribution in [0.2, 0.25) is 0 Å². The van der Waals surface area contributed by atoms with E-state index in [2.05, 4.69) is 5.32 Å². The Labute approximate surface area is 97.3 Å². The standard InChI is InChI=1S/C10H20N2O2.ClH/c1-8(6-11)10(13)12-7-9-4-2-3-5-14-9;/h8-9H,2-7,11H2,1H3,(H,12,13);1H. The second-order valence-corrected chi connectivity index (χ2v) is 3.87. The minimum Gasteiger partial charge on any atom is -0.376 e. The van der Waals surface area contributed by atoms with Gasteiger partial charge in [-0.25, -0.2) is 0 Å². The molecular weight excluding hydrogens is 216 g/mol. The molecule has 0 aromatic heterocycles. The number of ether oxygens (including phenoxy) is 1. The highest BCUT2D eigenvalue weighted by atomic mass is 35.5. The van der Waals surface area contributed by atoms with E-state index in [1.54, 1.807) is 0 Å². The molecule has 2 unspecified atom stereocenters. The van der Waals surface area contributed by atoms with Gasteiger partial charge in [-0.15, -0.1) is 12.4 Å². The van der Waals surface area contributed by atoms with Crippen LogP contribution in [0.15, 0.2) is 0 Å². The van der Waals surface area contributed by atoms with E-state index >= 15 is 0 Å². The summed E-state index contributed by atoms with van der Waals surface area (Å²) in [5.41, 5.74) is 5.39. The maximum absolute atomic E-state index is 11.4. The van der Waals surface area contributed by atoms with Gasteiger partial charge in [-0.1, -0.05) is 6.92 Å². The van der Waals surface area contributed by atoms with E-state index in [9.17, 15) is 4.79 Å². The van der Waals surface area contributed by atoms with Crippen molar-refractivity contribution >= 4 is 18.3 Å². The van der Waals surface area contributed by atoms with E-state index in [0.29, 0.717) is 13.1 Å². The molecule has 1 aliphatic heterocycles. The van der Waals surface area contributed by atoms with Gasteiger partial charge < -0.3 is 15.8 Å². The average molecular weight is 237 g/mol. The lowest BCUT2D eigenvalue weighted by molar-refractivity contribution is -0.125. The molecule has 90 valence electrons. The Hall–Kier alpha value is -0.320. The van der Waals surface area contributed by atoms with Crippen molar-refractivity contribution in [2.45, 2.75) is 32.3 Å².